The zero-order chi connectivity index (χ0) is 79.8. The number of anilines is 6. The van der Waals surface area contributed by atoms with Crippen molar-refractivity contribution in [2.75, 3.05) is 9.80 Å². The minimum absolute atomic E-state index is 0.0207. The van der Waals surface area contributed by atoms with Crippen molar-refractivity contribution in [2.45, 2.75) is 170 Å². The predicted octanol–water partition coefficient (Wildman–Crippen LogP) is 29.3. The highest BCUT2D eigenvalue weighted by atomic mass is 15.2. The Balaban J connectivity index is 1.08. The standard InChI is InChI=1S/C110H108BN3/c1-69(2)78-46-53-87(88(58-78)70(3)4)80-60-101-103-102(61-80)114(105-90(75-36-28-22-29-37-75)65-84(109(14,15)16)66-91(105)76-38-30-23-31-39-76)100-68-86(112-97-56-50-82(107(8,9)10)62-93(97)94-63-83(108(11,12)13)51-57-98(94)112)52-54-95(100)111(103)96-59-79(73-44-48-81(49-45-73)106(5,6)7)47-55-99(96)113(101)104-89(74-34-26-21-27-35-74)64-85(110(17,18)19)67-92(104)77-42-40-72(41-43-77)71-32-24-20-25-33-71/h20-70H,1-19H3. The summed E-state index contributed by atoms with van der Waals surface area (Å²) in [6.45, 7) is 44.4. The molecule has 0 unspecified atom stereocenters. The highest BCUT2D eigenvalue weighted by Gasteiger charge is 2.47. The molecule has 0 N–H and O–H groups in total. The molecular weight excluding hydrogens is 1370 g/mol. The van der Waals surface area contributed by atoms with Gasteiger partial charge in [-0.05, 0) is 229 Å². The molecule has 114 heavy (non-hydrogen) atoms. The number of rotatable bonds is 12. The van der Waals surface area contributed by atoms with Gasteiger partial charge in [-0.2, -0.15) is 0 Å². The average molecular weight is 1480 g/mol. The lowest BCUT2D eigenvalue weighted by Crippen LogP contribution is -2.61. The molecule has 1 aromatic heterocycles. The first kappa shape index (κ1) is 75.2. The van der Waals surface area contributed by atoms with Crippen LogP contribution in [0.1, 0.15) is 182 Å². The van der Waals surface area contributed by atoms with E-state index in [1.807, 2.05) is 0 Å². The molecule has 0 bridgehead atoms. The van der Waals surface area contributed by atoms with Crippen molar-refractivity contribution in [3.63, 3.8) is 0 Å². The van der Waals surface area contributed by atoms with E-state index < -0.39 is 0 Å². The quantitative estimate of drug-likeness (QED) is 0.113. The van der Waals surface area contributed by atoms with Crippen molar-refractivity contribution >= 4 is 79.0 Å². The van der Waals surface area contributed by atoms with Crippen LogP contribution < -0.4 is 26.2 Å². The highest BCUT2D eigenvalue weighted by Crippen LogP contribution is 2.56. The average Bonchev–Trinajstić information content (AvgIpc) is 0.718. The Morgan fingerprint density at radius 3 is 1.08 bits per heavy atom. The van der Waals surface area contributed by atoms with E-state index in [-0.39, 0.29) is 39.7 Å². The Labute approximate surface area is 679 Å². The second-order valence-corrected chi connectivity index (χ2v) is 38.2. The minimum atomic E-state index is -0.282. The number of hydrogen-bond acceptors (Lipinski definition) is 2. The monoisotopic (exact) mass is 1480 g/mol. The van der Waals surface area contributed by atoms with Crippen LogP contribution in [-0.4, -0.2) is 11.3 Å². The lowest BCUT2D eigenvalue weighted by Gasteiger charge is -2.46. The van der Waals surface area contributed by atoms with Crippen LogP contribution >= 0.6 is 0 Å². The molecule has 17 rings (SSSR count). The molecule has 15 aromatic rings. The van der Waals surface area contributed by atoms with E-state index >= 15 is 0 Å². The Kier molecular flexibility index (Phi) is 18.7. The lowest BCUT2D eigenvalue weighted by molar-refractivity contribution is 0.590. The molecule has 0 radical (unpaired) electrons. The molecular formula is C110H108BN3. The first-order valence-electron chi connectivity index (χ1n) is 41.5. The number of aromatic nitrogens is 1. The third-order valence-corrected chi connectivity index (χ3v) is 24.5. The maximum atomic E-state index is 2.78. The summed E-state index contributed by atoms with van der Waals surface area (Å²) in [7, 11) is 0. The normalized spacial score (nSPS) is 13.1. The van der Waals surface area contributed by atoms with Crippen LogP contribution in [0.15, 0.2) is 297 Å². The van der Waals surface area contributed by atoms with Gasteiger partial charge in [0.15, 0.2) is 0 Å². The fourth-order valence-corrected chi connectivity index (χ4v) is 17.8. The van der Waals surface area contributed by atoms with Gasteiger partial charge in [-0.25, -0.2) is 0 Å². The van der Waals surface area contributed by atoms with Crippen LogP contribution in [0.5, 0.6) is 0 Å². The third kappa shape index (κ3) is 13.5. The summed E-state index contributed by atoms with van der Waals surface area (Å²) in [4.78, 5) is 5.53. The molecule has 0 aliphatic carbocycles. The van der Waals surface area contributed by atoms with Crippen molar-refractivity contribution in [3.05, 3.63) is 336 Å². The van der Waals surface area contributed by atoms with Crippen molar-refractivity contribution in [3.8, 4) is 83.6 Å². The van der Waals surface area contributed by atoms with Gasteiger partial charge in [-0.3, -0.25) is 0 Å². The van der Waals surface area contributed by atoms with Gasteiger partial charge in [0.1, 0.15) is 0 Å². The molecule has 3 nitrogen and oxygen atoms in total. The van der Waals surface area contributed by atoms with Crippen molar-refractivity contribution < 1.29 is 0 Å². The highest BCUT2D eigenvalue weighted by molar-refractivity contribution is 7.00. The van der Waals surface area contributed by atoms with E-state index in [4.69, 9.17) is 0 Å². The van der Waals surface area contributed by atoms with Gasteiger partial charge < -0.3 is 14.4 Å². The lowest BCUT2D eigenvalue weighted by atomic mass is 9.33. The molecule has 4 heteroatoms. The van der Waals surface area contributed by atoms with Crippen LogP contribution in [0, 0.1) is 0 Å². The smallest absolute Gasteiger partial charge is 0.252 e. The zero-order valence-corrected chi connectivity index (χ0v) is 70.4. The van der Waals surface area contributed by atoms with Gasteiger partial charge in [0.2, 0.25) is 0 Å². The molecule has 3 heterocycles. The summed E-state index contributed by atoms with van der Waals surface area (Å²) >= 11 is 0. The van der Waals surface area contributed by atoms with Crippen LogP contribution in [0.4, 0.5) is 34.1 Å². The molecule has 0 saturated carbocycles. The topological polar surface area (TPSA) is 11.4 Å². The molecule has 2 aliphatic rings. The van der Waals surface area contributed by atoms with Gasteiger partial charge in [-0.15, -0.1) is 0 Å². The van der Waals surface area contributed by atoms with Gasteiger partial charge in [-0.1, -0.05) is 350 Å². The van der Waals surface area contributed by atoms with Crippen LogP contribution in [0.3, 0.4) is 0 Å². The zero-order valence-electron chi connectivity index (χ0n) is 70.4. The minimum Gasteiger partial charge on any atom is -0.310 e. The van der Waals surface area contributed by atoms with E-state index in [0.29, 0.717) is 5.92 Å². The van der Waals surface area contributed by atoms with E-state index in [0.717, 1.165) is 67.6 Å². The van der Waals surface area contributed by atoms with Crippen LogP contribution in [0.2, 0.25) is 0 Å². The number of nitrogens with zero attached hydrogens (tertiary/aromatic N) is 3. The van der Waals surface area contributed by atoms with Gasteiger partial charge in [0.25, 0.3) is 6.71 Å². The van der Waals surface area contributed by atoms with Crippen molar-refractivity contribution in [1.29, 1.82) is 0 Å². The first-order chi connectivity index (χ1) is 54.3. The summed E-state index contributed by atoms with van der Waals surface area (Å²) in [6.07, 6.45) is 0. The van der Waals surface area contributed by atoms with E-state index in [2.05, 4.69) is 443 Å². The van der Waals surface area contributed by atoms with E-state index in [1.165, 1.54) is 127 Å². The van der Waals surface area contributed by atoms with Gasteiger partial charge in [0, 0.05) is 61.5 Å². The summed E-state index contributed by atoms with van der Waals surface area (Å²) in [5, 5.41) is 2.53. The Bertz CT molecular complexity index is 6070. The summed E-state index contributed by atoms with van der Waals surface area (Å²) < 4.78 is 2.58. The molecule has 0 atom stereocenters. The first-order valence-corrected chi connectivity index (χ1v) is 41.5. The molecule has 0 saturated heterocycles. The molecule has 14 aromatic carbocycles. The van der Waals surface area contributed by atoms with Gasteiger partial charge >= 0.3 is 0 Å². The van der Waals surface area contributed by atoms with E-state index in [1.54, 1.807) is 0 Å². The van der Waals surface area contributed by atoms with Crippen LogP contribution in [-0.2, 0) is 27.1 Å². The predicted molar refractivity (Wildman–Crippen MR) is 495 cm³/mol. The Morgan fingerprint density at radius 1 is 0.254 bits per heavy atom. The maximum absolute atomic E-state index is 2.78. The third-order valence-electron chi connectivity index (χ3n) is 24.5. The summed E-state index contributed by atoms with van der Waals surface area (Å²) in [5.41, 5.74) is 39.0. The van der Waals surface area contributed by atoms with Gasteiger partial charge in [0.05, 0.1) is 22.4 Å². The maximum Gasteiger partial charge on any atom is 0.252 e. The molecule has 0 spiro atoms. The Hall–Kier alpha value is -11.5. The number of hydrogen-bond donors (Lipinski definition) is 0. The number of benzene rings is 14. The molecule has 0 amide bonds. The molecule has 566 valence electrons. The van der Waals surface area contributed by atoms with Crippen molar-refractivity contribution in [1.82, 2.24) is 4.57 Å². The second kappa shape index (κ2) is 28.3. The fraction of sp³-hybridized carbons (Fsp3) is 0.236. The summed E-state index contributed by atoms with van der Waals surface area (Å²) in [5.74, 6) is 0.541. The largest absolute Gasteiger partial charge is 0.310 e. The fourth-order valence-electron chi connectivity index (χ4n) is 17.8. The molecule has 2 aliphatic heterocycles. The SMILES string of the molecule is CC(C)c1ccc(-c2cc3c4c(c2)N(c2c(-c5ccccc5)cc(C(C)(C)C)cc2-c2ccccc2)c2cc(-n5c6ccc(C(C)(C)C)cc6c6cc(C(C)(C)C)ccc65)ccc2B4c2cc(-c4ccc(C(C)(C)C)cc4)ccc2N3c2c(-c3ccccc3)cc(C(C)(C)C)cc2-c2ccc(-c3ccccc3)cc2)c(C(C)C)c1. The molecule has 0 fully saturated rings. The van der Waals surface area contributed by atoms with E-state index in [9.17, 15) is 0 Å². The second-order valence-electron chi connectivity index (χ2n) is 38.2. The van der Waals surface area contributed by atoms with Crippen molar-refractivity contribution in [2.24, 2.45) is 0 Å². The Morgan fingerprint density at radius 2 is 0.640 bits per heavy atom. The summed E-state index contributed by atoms with van der Waals surface area (Å²) in [6, 6.07) is 116. The van der Waals surface area contributed by atoms with Crippen LogP contribution in [0.25, 0.3) is 105 Å². The number of fused-ring (bicyclic) bond motifs is 7.